The van der Waals surface area contributed by atoms with Crippen molar-refractivity contribution in [2.24, 2.45) is 29.6 Å². The molecule has 0 saturated heterocycles. The Morgan fingerprint density at radius 3 is 2.59 bits per heavy atom. The van der Waals surface area contributed by atoms with Crippen LogP contribution in [0, 0.1) is 29.6 Å². The Morgan fingerprint density at radius 1 is 1.32 bits per heavy atom. The summed E-state index contributed by atoms with van der Waals surface area (Å²) in [6.45, 7) is 1.94. The van der Waals surface area contributed by atoms with Crippen molar-refractivity contribution in [2.75, 3.05) is 12.4 Å². The highest BCUT2D eigenvalue weighted by molar-refractivity contribution is 7.17. The van der Waals surface area contributed by atoms with Crippen LogP contribution in [0.5, 0.6) is 0 Å². The van der Waals surface area contributed by atoms with Crippen molar-refractivity contribution in [3.05, 3.63) is 10.6 Å². The molecule has 5 nitrogen and oxygen atoms in total. The first-order chi connectivity index (χ1) is 10.6. The van der Waals surface area contributed by atoms with Crippen molar-refractivity contribution in [2.45, 2.75) is 32.6 Å². The van der Waals surface area contributed by atoms with Crippen molar-refractivity contribution in [1.29, 1.82) is 0 Å². The summed E-state index contributed by atoms with van der Waals surface area (Å²) >= 11 is 1.22. The first kappa shape index (κ1) is 14.2. The molecule has 0 unspecified atom stereocenters. The third-order valence-corrected chi connectivity index (χ3v) is 6.66. The number of hydrogen-bond donors (Lipinski definition) is 1. The average molecular weight is 320 g/mol. The highest BCUT2D eigenvalue weighted by atomic mass is 32.1. The van der Waals surface area contributed by atoms with E-state index < -0.39 is 0 Å². The number of hydrogen-bond acceptors (Lipinski definition) is 5. The summed E-state index contributed by atoms with van der Waals surface area (Å²) in [4.78, 5) is 29.1. The van der Waals surface area contributed by atoms with Crippen molar-refractivity contribution in [3.63, 3.8) is 0 Å². The zero-order valence-corrected chi connectivity index (χ0v) is 13.6. The molecule has 3 aliphatic carbocycles. The van der Waals surface area contributed by atoms with Gasteiger partial charge in [0.05, 0.1) is 12.8 Å². The number of carbonyl (C=O) groups excluding carboxylic acids is 2. The van der Waals surface area contributed by atoms with Gasteiger partial charge < -0.3 is 10.1 Å². The summed E-state index contributed by atoms with van der Waals surface area (Å²) in [5.74, 6) is 2.68. The molecule has 1 aromatic heterocycles. The van der Waals surface area contributed by atoms with Gasteiger partial charge in [-0.2, -0.15) is 0 Å². The molecule has 6 heteroatoms. The van der Waals surface area contributed by atoms with Crippen LogP contribution in [0.2, 0.25) is 0 Å². The van der Waals surface area contributed by atoms with Crippen LogP contribution in [0.25, 0.3) is 0 Å². The van der Waals surface area contributed by atoms with Gasteiger partial charge in [0.15, 0.2) is 5.13 Å². The molecule has 0 aromatic carbocycles. The number of nitrogens with one attached hydrogen (secondary N) is 1. The quantitative estimate of drug-likeness (QED) is 0.866. The Labute approximate surface area is 133 Å². The Morgan fingerprint density at radius 2 is 2.00 bits per heavy atom. The van der Waals surface area contributed by atoms with E-state index in [1.807, 2.05) is 6.92 Å². The standard InChI is InChI=1S/C16H20N2O3S/c1-3-9-13(15(20)21-2)22-16(17-9)18-14(19)12-10-7-4-5-8(6-7)11(10)12/h7-8,10-12H,3-6H2,1-2H3,(H,17,18,19)/t7-,8-,10+,11+/m0/s1. The molecule has 1 amide bonds. The molecule has 1 aromatic rings. The fourth-order valence-electron chi connectivity index (χ4n) is 4.76. The molecule has 0 aliphatic heterocycles. The molecule has 2 bridgehead atoms. The van der Waals surface area contributed by atoms with Crippen LogP contribution in [0.3, 0.4) is 0 Å². The second-order valence-electron chi connectivity index (χ2n) is 6.64. The first-order valence-electron chi connectivity index (χ1n) is 8.03. The van der Waals surface area contributed by atoms with Crippen LogP contribution in [0.4, 0.5) is 5.13 Å². The molecule has 4 atom stereocenters. The predicted octanol–water partition coefficient (Wildman–Crippen LogP) is 2.72. The van der Waals surface area contributed by atoms with Crippen molar-refractivity contribution >= 4 is 28.3 Å². The topological polar surface area (TPSA) is 68.3 Å². The van der Waals surface area contributed by atoms with E-state index in [0.717, 1.165) is 11.8 Å². The molecule has 1 heterocycles. The molecule has 4 rings (SSSR count). The van der Waals surface area contributed by atoms with Crippen molar-refractivity contribution in [3.8, 4) is 0 Å². The number of carbonyl (C=O) groups is 2. The maximum atomic E-state index is 12.5. The van der Waals surface area contributed by atoms with E-state index in [4.69, 9.17) is 4.74 Å². The largest absolute Gasteiger partial charge is 0.465 e. The zero-order valence-electron chi connectivity index (χ0n) is 12.8. The number of amides is 1. The summed E-state index contributed by atoms with van der Waals surface area (Å²) in [5.41, 5.74) is 0.697. The lowest BCUT2D eigenvalue weighted by Crippen LogP contribution is -2.18. The number of aryl methyl sites for hydroxylation is 1. The van der Waals surface area contributed by atoms with Gasteiger partial charge in [-0.25, -0.2) is 9.78 Å². The fourth-order valence-corrected chi connectivity index (χ4v) is 5.74. The SMILES string of the molecule is CCc1nc(NC(=O)C2[C@@H]3[C@H]4CC[C@@H](C4)[C@@H]23)sc1C(=O)OC. The minimum Gasteiger partial charge on any atom is -0.465 e. The molecular weight excluding hydrogens is 300 g/mol. The fraction of sp³-hybridized carbons (Fsp3) is 0.688. The van der Waals surface area contributed by atoms with E-state index >= 15 is 0 Å². The lowest BCUT2D eigenvalue weighted by molar-refractivity contribution is -0.118. The first-order valence-corrected chi connectivity index (χ1v) is 8.84. The number of methoxy groups -OCH3 is 1. The molecule has 1 N–H and O–H groups in total. The van der Waals surface area contributed by atoms with Crippen LogP contribution >= 0.6 is 11.3 Å². The maximum Gasteiger partial charge on any atom is 0.350 e. The van der Waals surface area contributed by atoms with Crippen LogP contribution in [0.1, 0.15) is 41.6 Å². The summed E-state index contributed by atoms with van der Waals surface area (Å²) in [5, 5.41) is 3.46. The van der Waals surface area contributed by atoms with Crippen LogP contribution < -0.4 is 5.32 Å². The maximum absolute atomic E-state index is 12.5. The molecule has 0 radical (unpaired) electrons. The Kier molecular flexibility index (Phi) is 3.25. The van der Waals surface area contributed by atoms with Gasteiger partial charge in [0, 0.05) is 5.92 Å². The van der Waals surface area contributed by atoms with Crippen molar-refractivity contribution < 1.29 is 14.3 Å². The number of fused-ring (bicyclic) bond motifs is 5. The average Bonchev–Trinajstić information content (AvgIpc) is 2.86. The Hall–Kier alpha value is -1.43. The van der Waals surface area contributed by atoms with E-state index in [-0.39, 0.29) is 17.8 Å². The van der Waals surface area contributed by atoms with E-state index in [1.54, 1.807) is 0 Å². The van der Waals surface area contributed by atoms with E-state index in [2.05, 4.69) is 10.3 Å². The van der Waals surface area contributed by atoms with Gasteiger partial charge in [-0.1, -0.05) is 18.3 Å². The van der Waals surface area contributed by atoms with Gasteiger partial charge in [0.2, 0.25) is 5.91 Å². The third kappa shape index (κ3) is 2.00. The molecule has 3 aliphatic rings. The lowest BCUT2D eigenvalue weighted by atomic mass is 10.0. The van der Waals surface area contributed by atoms with E-state index in [0.29, 0.717) is 34.0 Å². The number of ether oxygens (including phenoxy) is 1. The molecule has 22 heavy (non-hydrogen) atoms. The minimum absolute atomic E-state index is 0.0967. The van der Waals surface area contributed by atoms with Gasteiger partial charge in [-0.05, 0) is 49.4 Å². The van der Waals surface area contributed by atoms with Crippen LogP contribution in [-0.2, 0) is 16.0 Å². The summed E-state index contributed by atoms with van der Waals surface area (Å²) < 4.78 is 4.77. The summed E-state index contributed by atoms with van der Waals surface area (Å²) in [6.07, 6.45) is 4.59. The Balaban J connectivity index is 1.47. The molecule has 3 saturated carbocycles. The molecule has 118 valence electrons. The minimum atomic E-state index is -0.379. The van der Waals surface area contributed by atoms with Gasteiger partial charge >= 0.3 is 5.97 Å². The van der Waals surface area contributed by atoms with E-state index in [1.165, 1.54) is 37.7 Å². The second-order valence-corrected chi connectivity index (χ2v) is 7.64. The number of rotatable bonds is 4. The lowest BCUT2D eigenvalue weighted by Gasteiger charge is -2.07. The van der Waals surface area contributed by atoms with E-state index in [9.17, 15) is 9.59 Å². The highest BCUT2D eigenvalue weighted by Gasteiger charge is 2.67. The highest BCUT2D eigenvalue weighted by Crippen LogP contribution is 2.69. The monoisotopic (exact) mass is 320 g/mol. The van der Waals surface area contributed by atoms with Crippen molar-refractivity contribution in [1.82, 2.24) is 4.98 Å². The number of esters is 1. The van der Waals surface area contributed by atoms with Gasteiger partial charge in [0.25, 0.3) is 0 Å². The second kappa shape index (κ2) is 5.05. The zero-order chi connectivity index (χ0) is 15.4. The number of anilines is 1. The normalized spacial score (nSPS) is 34.4. The summed E-state index contributed by atoms with van der Waals surface area (Å²) in [7, 11) is 1.36. The number of thiazole rings is 1. The van der Waals surface area contributed by atoms with Gasteiger partial charge in [-0.3, -0.25) is 4.79 Å². The van der Waals surface area contributed by atoms with Gasteiger partial charge in [0.1, 0.15) is 4.88 Å². The Bertz CT molecular complexity index is 625. The van der Waals surface area contributed by atoms with Gasteiger partial charge in [-0.15, -0.1) is 0 Å². The molecular formula is C16H20N2O3S. The third-order valence-electron chi connectivity index (χ3n) is 5.67. The number of aromatic nitrogens is 1. The van der Waals surface area contributed by atoms with Crippen LogP contribution in [0.15, 0.2) is 0 Å². The molecule has 0 spiro atoms. The predicted molar refractivity (Wildman–Crippen MR) is 82.8 cm³/mol. The van der Waals surface area contributed by atoms with Crippen LogP contribution in [-0.4, -0.2) is 24.0 Å². The smallest absolute Gasteiger partial charge is 0.350 e. The molecule has 3 fully saturated rings. The number of nitrogens with zero attached hydrogens (tertiary/aromatic N) is 1. The summed E-state index contributed by atoms with van der Waals surface area (Å²) in [6, 6.07) is 0.